The zero-order valence-electron chi connectivity index (χ0n) is 21.6. The maximum atomic E-state index is 12.5. The molecule has 0 amide bonds. The van der Waals surface area contributed by atoms with E-state index in [1.54, 1.807) is 11.3 Å². The lowest BCUT2D eigenvalue weighted by atomic mass is 9.93. The number of aromatic nitrogens is 1. The van der Waals surface area contributed by atoms with Crippen molar-refractivity contribution in [1.29, 1.82) is 0 Å². The minimum absolute atomic E-state index is 0.0398. The number of rotatable bonds is 7. The topological polar surface area (TPSA) is 51.2 Å². The van der Waals surface area contributed by atoms with Gasteiger partial charge in [-0.05, 0) is 84.3 Å². The molecule has 190 valence electrons. The van der Waals surface area contributed by atoms with Gasteiger partial charge in [-0.15, -0.1) is 0 Å². The molecule has 2 unspecified atom stereocenters. The van der Waals surface area contributed by atoms with Crippen molar-refractivity contribution in [3.05, 3.63) is 113 Å². The summed E-state index contributed by atoms with van der Waals surface area (Å²) in [6.45, 7) is 4.22. The standard InChI is InChI=1S/C33H30N2O2S/c1-21-8-16-29-31(18-21)38-33(35-29)34-28-17-15-26(19-22(28)2)24-11-13-25(14-12-24)30-20-27(32(36)37-30)10-9-23-6-4-3-5-7-23/h3-8,11-19,27,30H,9-10,20H2,1-2H3,(H,34,35). The van der Waals surface area contributed by atoms with Gasteiger partial charge in [-0.1, -0.05) is 78.1 Å². The van der Waals surface area contributed by atoms with Crippen LogP contribution in [-0.2, 0) is 16.0 Å². The van der Waals surface area contributed by atoms with Gasteiger partial charge in [0.25, 0.3) is 0 Å². The van der Waals surface area contributed by atoms with Crippen molar-refractivity contribution in [2.75, 3.05) is 5.32 Å². The van der Waals surface area contributed by atoms with Crippen LogP contribution in [0.2, 0.25) is 0 Å². The van der Waals surface area contributed by atoms with E-state index in [9.17, 15) is 4.79 Å². The van der Waals surface area contributed by atoms with E-state index in [1.165, 1.54) is 15.8 Å². The van der Waals surface area contributed by atoms with Crippen molar-refractivity contribution in [2.45, 2.75) is 39.2 Å². The molecule has 6 rings (SSSR count). The van der Waals surface area contributed by atoms with E-state index >= 15 is 0 Å². The smallest absolute Gasteiger partial charge is 0.309 e. The van der Waals surface area contributed by atoms with Crippen molar-refractivity contribution < 1.29 is 9.53 Å². The highest BCUT2D eigenvalue weighted by Crippen LogP contribution is 2.37. The summed E-state index contributed by atoms with van der Waals surface area (Å²) in [6, 6.07) is 31.6. The number of esters is 1. The van der Waals surface area contributed by atoms with Crippen LogP contribution in [0.1, 0.15) is 41.2 Å². The number of benzene rings is 4. The first-order chi connectivity index (χ1) is 18.5. The largest absolute Gasteiger partial charge is 0.457 e. The van der Waals surface area contributed by atoms with Gasteiger partial charge in [0.1, 0.15) is 6.10 Å². The summed E-state index contributed by atoms with van der Waals surface area (Å²) < 4.78 is 6.95. The van der Waals surface area contributed by atoms with Gasteiger partial charge in [0, 0.05) is 12.1 Å². The zero-order chi connectivity index (χ0) is 26.1. The molecule has 2 atom stereocenters. The van der Waals surface area contributed by atoms with E-state index in [0.29, 0.717) is 0 Å². The van der Waals surface area contributed by atoms with Crippen molar-refractivity contribution in [3.63, 3.8) is 0 Å². The monoisotopic (exact) mass is 518 g/mol. The highest BCUT2D eigenvalue weighted by atomic mass is 32.1. The van der Waals surface area contributed by atoms with Crippen LogP contribution in [0.3, 0.4) is 0 Å². The number of carbonyl (C=O) groups is 1. The summed E-state index contributed by atoms with van der Waals surface area (Å²) in [7, 11) is 0. The number of thiazole rings is 1. The van der Waals surface area contributed by atoms with Crippen molar-refractivity contribution >= 4 is 38.3 Å². The molecule has 5 heteroatoms. The van der Waals surface area contributed by atoms with Crippen molar-refractivity contribution in [2.24, 2.45) is 5.92 Å². The minimum atomic E-state index is -0.164. The molecule has 1 saturated heterocycles. The second-order valence-corrected chi connectivity index (χ2v) is 11.2. The highest BCUT2D eigenvalue weighted by molar-refractivity contribution is 7.22. The second-order valence-electron chi connectivity index (χ2n) is 10.1. The predicted molar refractivity (Wildman–Crippen MR) is 156 cm³/mol. The molecule has 1 aromatic heterocycles. The molecular formula is C33H30N2O2S. The fourth-order valence-electron chi connectivity index (χ4n) is 5.14. The van der Waals surface area contributed by atoms with Crippen LogP contribution >= 0.6 is 11.3 Å². The Bertz CT molecular complexity index is 1590. The average Bonchev–Trinajstić information content (AvgIpc) is 3.51. The Morgan fingerprint density at radius 3 is 2.50 bits per heavy atom. The molecule has 1 fully saturated rings. The first-order valence-electron chi connectivity index (χ1n) is 13.1. The number of hydrogen-bond acceptors (Lipinski definition) is 5. The number of aryl methyl sites for hydroxylation is 3. The normalized spacial score (nSPS) is 17.1. The molecule has 38 heavy (non-hydrogen) atoms. The van der Waals surface area contributed by atoms with Gasteiger partial charge >= 0.3 is 5.97 Å². The van der Waals surface area contributed by atoms with Crippen LogP contribution in [0.5, 0.6) is 0 Å². The Hall–Kier alpha value is -3.96. The van der Waals surface area contributed by atoms with Crippen LogP contribution in [0.25, 0.3) is 21.3 Å². The lowest BCUT2D eigenvalue weighted by Gasteiger charge is -2.12. The molecule has 0 spiro atoms. The van der Waals surface area contributed by atoms with Gasteiger partial charge in [-0.3, -0.25) is 4.79 Å². The van der Waals surface area contributed by atoms with Gasteiger partial charge in [-0.2, -0.15) is 0 Å². The quantitative estimate of drug-likeness (QED) is 0.219. The first-order valence-corrected chi connectivity index (χ1v) is 13.9. The Morgan fingerprint density at radius 2 is 1.71 bits per heavy atom. The Balaban J connectivity index is 1.11. The Labute approximate surface area is 227 Å². The van der Waals surface area contributed by atoms with Crippen LogP contribution in [0.15, 0.2) is 91.0 Å². The first kappa shape index (κ1) is 24.4. The molecular weight excluding hydrogens is 488 g/mol. The Morgan fingerprint density at radius 1 is 0.921 bits per heavy atom. The lowest BCUT2D eigenvalue weighted by Crippen LogP contribution is -2.08. The molecule has 4 aromatic carbocycles. The van der Waals surface area contributed by atoms with Crippen LogP contribution in [-0.4, -0.2) is 11.0 Å². The molecule has 4 nitrogen and oxygen atoms in total. The predicted octanol–water partition coefficient (Wildman–Crippen LogP) is 8.56. The molecule has 0 aliphatic carbocycles. The second kappa shape index (κ2) is 10.4. The molecule has 1 N–H and O–H groups in total. The summed E-state index contributed by atoms with van der Waals surface area (Å²) in [4.78, 5) is 17.2. The summed E-state index contributed by atoms with van der Waals surface area (Å²) in [5.41, 5.74) is 9.10. The summed E-state index contributed by atoms with van der Waals surface area (Å²) in [5, 5.41) is 4.40. The van der Waals surface area contributed by atoms with Crippen LogP contribution < -0.4 is 5.32 Å². The van der Waals surface area contributed by atoms with E-state index in [1.807, 2.05) is 18.2 Å². The molecule has 0 saturated carbocycles. The third-order valence-electron chi connectivity index (χ3n) is 7.34. The third-order valence-corrected chi connectivity index (χ3v) is 8.28. The summed E-state index contributed by atoms with van der Waals surface area (Å²) in [6.07, 6.45) is 2.31. The summed E-state index contributed by atoms with van der Waals surface area (Å²) in [5.74, 6) is -0.112. The molecule has 5 aromatic rings. The third kappa shape index (κ3) is 5.20. The zero-order valence-corrected chi connectivity index (χ0v) is 22.4. The van der Waals surface area contributed by atoms with Gasteiger partial charge < -0.3 is 10.1 Å². The van der Waals surface area contributed by atoms with E-state index in [2.05, 4.69) is 92.0 Å². The van der Waals surface area contributed by atoms with E-state index in [4.69, 9.17) is 9.72 Å². The average molecular weight is 519 g/mol. The summed E-state index contributed by atoms with van der Waals surface area (Å²) >= 11 is 1.67. The number of hydrogen-bond donors (Lipinski definition) is 1. The minimum Gasteiger partial charge on any atom is -0.457 e. The maximum Gasteiger partial charge on any atom is 0.309 e. The van der Waals surface area contributed by atoms with E-state index in [-0.39, 0.29) is 18.0 Å². The van der Waals surface area contributed by atoms with Crippen LogP contribution in [0, 0.1) is 19.8 Å². The lowest BCUT2D eigenvalue weighted by molar-refractivity contribution is -0.144. The number of nitrogens with one attached hydrogen (secondary N) is 1. The molecule has 2 heterocycles. The van der Waals surface area contributed by atoms with Gasteiger partial charge in [-0.25, -0.2) is 4.98 Å². The van der Waals surface area contributed by atoms with Crippen molar-refractivity contribution in [3.8, 4) is 11.1 Å². The molecule has 0 radical (unpaired) electrons. The van der Waals surface area contributed by atoms with Crippen LogP contribution in [0.4, 0.5) is 10.8 Å². The molecule has 1 aliphatic heterocycles. The van der Waals surface area contributed by atoms with Gasteiger partial charge in [0.2, 0.25) is 0 Å². The SMILES string of the molecule is Cc1ccc2nc(Nc3ccc(-c4ccc(C5CC(CCc6ccccc6)C(=O)O5)cc4)cc3C)sc2c1. The Kier molecular flexibility index (Phi) is 6.69. The van der Waals surface area contributed by atoms with Gasteiger partial charge in [0.15, 0.2) is 5.13 Å². The van der Waals surface area contributed by atoms with E-state index in [0.717, 1.165) is 57.9 Å². The number of nitrogens with zero attached hydrogens (tertiary/aromatic N) is 1. The number of anilines is 2. The molecule has 0 bridgehead atoms. The maximum absolute atomic E-state index is 12.5. The highest BCUT2D eigenvalue weighted by Gasteiger charge is 2.34. The van der Waals surface area contributed by atoms with E-state index < -0.39 is 0 Å². The number of cyclic esters (lactones) is 1. The fourth-order valence-corrected chi connectivity index (χ4v) is 6.12. The van der Waals surface area contributed by atoms with Gasteiger partial charge in [0.05, 0.1) is 16.1 Å². The number of fused-ring (bicyclic) bond motifs is 1. The fraction of sp³-hybridized carbons (Fsp3) is 0.212. The molecule has 1 aliphatic rings. The van der Waals surface area contributed by atoms with Crippen molar-refractivity contribution in [1.82, 2.24) is 4.98 Å². The number of ether oxygens (including phenoxy) is 1. The number of carbonyl (C=O) groups excluding carboxylic acids is 1.